The van der Waals surface area contributed by atoms with E-state index < -0.39 is 11.7 Å². The number of hydrogen-bond acceptors (Lipinski definition) is 2. The van der Waals surface area contributed by atoms with E-state index in [9.17, 15) is 9.18 Å². The molecule has 0 unspecified atom stereocenters. The molecule has 0 atom stereocenters. The van der Waals surface area contributed by atoms with Crippen molar-refractivity contribution < 1.29 is 9.18 Å². The molecule has 0 saturated heterocycles. The van der Waals surface area contributed by atoms with Crippen LogP contribution in [0.25, 0.3) is 0 Å². The number of carbonyl (C=O) groups excluding carboxylic acids is 1. The van der Waals surface area contributed by atoms with Crippen LogP contribution >= 0.6 is 24.0 Å². The van der Waals surface area contributed by atoms with Crippen molar-refractivity contribution in [3.05, 3.63) is 48.3 Å². The first-order valence-electron chi connectivity index (χ1n) is 9.23. The Morgan fingerprint density at radius 2 is 2.00 bits per heavy atom. The lowest BCUT2D eigenvalue weighted by atomic mass is 10.2. The molecule has 0 aromatic heterocycles. The molecule has 0 bridgehead atoms. The van der Waals surface area contributed by atoms with Gasteiger partial charge in [0.15, 0.2) is 5.96 Å². The van der Waals surface area contributed by atoms with Crippen molar-refractivity contribution >= 4 is 35.8 Å². The fourth-order valence-corrected chi connectivity index (χ4v) is 2.46. The molecule has 5 nitrogen and oxygen atoms in total. The zero-order valence-corrected chi connectivity index (χ0v) is 18.7. The Hall–Kier alpha value is -1.64. The number of benzene rings is 1. The number of hydrogen-bond donors (Lipinski definition) is 2. The third kappa shape index (κ3) is 10.3. The average Bonchev–Trinajstić information content (AvgIpc) is 2.64. The summed E-state index contributed by atoms with van der Waals surface area (Å²) in [5.41, 5.74) is 0.0556. The van der Waals surface area contributed by atoms with Gasteiger partial charge in [-0.2, -0.15) is 0 Å². The molecule has 1 aromatic carbocycles. The first-order valence-corrected chi connectivity index (χ1v) is 9.23. The minimum atomic E-state index is -0.516. The molecule has 152 valence electrons. The zero-order chi connectivity index (χ0) is 19.2. The Balaban J connectivity index is 0.00000676. The van der Waals surface area contributed by atoms with Crippen LogP contribution in [0, 0.1) is 5.82 Å². The SMILES string of the molecule is C=CCCCCCN(C)C(=NCCNC(=O)c1ccccc1F)NCC.I. The van der Waals surface area contributed by atoms with E-state index in [-0.39, 0.29) is 29.5 Å². The zero-order valence-electron chi connectivity index (χ0n) is 16.3. The molecule has 27 heavy (non-hydrogen) atoms. The lowest BCUT2D eigenvalue weighted by Gasteiger charge is -2.22. The van der Waals surface area contributed by atoms with Crippen molar-refractivity contribution in [2.75, 3.05) is 33.2 Å². The fourth-order valence-electron chi connectivity index (χ4n) is 2.46. The molecule has 0 fully saturated rings. The van der Waals surface area contributed by atoms with E-state index in [0.717, 1.165) is 44.7 Å². The van der Waals surface area contributed by atoms with E-state index in [1.165, 1.54) is 12.1 Å². The number of nitrogens with zero attached hydrogens (tertiary/aromatic N) is 2. The molecule has 2 N–H and O–H groups in total. The summed E-state index contributed by atoms with van der Waals surface area (Å²) in [5, 5.41) is 5.95. The molecule has 1 rings (SSSR count). The van der Waals surface area contributed by atoms with E-state index in [0.29, 0.717) is 13.1 Å². The van der Waals surface area contributed by atoms with Gasteiger partial charge >= 0.3 is 0 Å². The summed E-state index contributed by atoms with van der Waals surface area (Å²) in [5.74, 6) is -0.117. The highest BCUT2D eigenvalue weighted by Crippen LogP contribution is 2.05. The van der Waals surface area contributed by atoms with Crippen LogP contribution in [0.4, 0.5) is 4.39 Å². The highest BCUT2D eigenvalue weighted by Gasteiger charge is 2.10. The minimum Gasteiger partial charge on any atom is -0.357 e. The largest absolute Gasteiger partial charge is 0.357 e. The predicted molar refractivity (Wildman–Crippen MR) is 121 cm³/mol. The van der Waals surface area contributed by atoms with Crippen molar-refractivity contribution in [1.82, 2.24) is 15.5 Å². The average molecular weight is 490 g/mol. The maximum absolute atomic E-state index is 13.6. The van der Waals surface area contributed by atoms with Crippen LogP contribution in [0.1, 0.15) is 43.0 Å². The van der Waals surface area contributed by atoms with Crippen LogP contribution in [0.3, 0.4) is 0 Å². The number of allylic oxidation sites excluding steroid dienone is 1. The number of guanidine groups is 1. The van der Waals surface area contributed by atoms with Gasteiger partial charge in [0.1, 0.15) is 5.82 Å². The number of aliphatic imine (C=N–C) groups is 1. The quantitative estimate of drug-likeness (QED) is 0.163. The van der Waals surface area contributed by atoms with Gasteiger partial charge < -0.3 is 15.5 Å². The van der Waals surface area contributed by atoms with Crippen LogP contribution in [0.15, 0.2) is 41.9 Å². The minimum absolute atomic E-state index is 0. The Labute approximate surface area is 179 Å². The molecule has 0 saturated carbocycles. The lowest BCUT2D eigenvalue weighted by molar-refractivity contribution is 0.0951. The normalized spacial score (nSPS) is 10.7. The number of rotatable bonds is 11. The molecule has 0 aliphatic heterocycles. The maximum Gasteiger partial charge on any atom is 0.254 e. The molecule has 0 spiro atoms. The van der Waals surface area contributed by atoms with Crippen molar-refractivity contribution in [2.24, 2.45) is 4.99 Å². The van der Waals surface area contributed by atoms with Gasteiger partial charge in [-0.05, 0) is 38.3 Å². The number of carbonyl (C=O) groups is 1. The monoisotopic (exact) mass is 490 g/mol. The van der Waals surface area contributed by atoms with E-state index in [1.807, 2.05) is 20.0 Å². The van der Waals surface area contributed by atoms with Crippen molar-refractivity contribution in [2.45, 2.75) is 32.6 Å². The third-order valence-electron chi connectivity index (χ3n) is 3.88. The van der Waals surface area contributed by atoms with Crippen molar-refractivity contribution in [1.29, 1.82) is 0 Å². The van der Waals surface area contributed by atoms with Gasteiger partial charge in [0, 0.05) is 26.7 Å². The Bertz CT molecular complexity index is 595. The Kier molecular flexibility index (Phi) is 14.5. The standard InChI is InChI=1S/C20H31FN4O.HI/c1-4-6-7-8-11-16-25(3)20(22-5-2)24-15-14-23-19(26)17-12-9-10-13-18(17)21;/h4,9-10,12-13H,1,5-8,11,14-16H2,2-3H3,(H,22,24)(H,23,26);1H. The lowest BCUT2D eigenvalue weighted by Crippen LogP contribution is -2.40. The molecule has 0 heterocycles. The fraction of sp³-hybridized carbons (Fsp3) is 0.500. The topological polar surface area (TPSA) is 56.7 Å². The predicted octanol–water partition coefficient (Wildman–Crippen LogP) is 3.82. The van der Waals surface area contributed by atoms with E-state index in [4.69, 9.17) is 0 Å². The molecule has 1 aromatic rings. The van der Waals surface area contributed by atoms with Gasteiger partial charge in [0.05, 0.1) is 12.1 Å². The number of amides is 1. The Morgan fingerprint density at radius 1 is 1.26 bits per heavy atom. The number of halogens is 2. The highest BCUT2D eigenvalue weighted by atomic mass is 127. The van der Waals surface area contributed by atoms with Crippen molar-refractivity contribution in [3.8, 4) is 0 Å². The summed E-state index contributed by atoms with van der Waals surface area (Å²) in [6.45, 7) is 8.25. The maximum atomic E-state index is 13.6. The molecular weight excluding hydrogens is 458 g/mol. The third-order valence-corrected chi connectivity index (χ3v) is 3.88. The van der Waals surface area contributed by atoms with Gasteiger partial charge in [-0.15, -0.1) is 30.6 Å². The summed E-state index contributed by atoms with van der Waals surface area (Å²) in [4.78, 5) is 18.6. The molecular formula is C20H32FIN4O. The summed E-state index contributed by atoms with van der Waals surface area (Å²) < 4.78 is 13.6. The van der Waals surface area contributed by atoms with Gasteiger partial charge in [-0.1, -0.05) is 24.6 Å². The van der Waals surface area contributed by atoms with Crippen LogP contribution in [0.5, 0.6) is 0 Å². The second-order valence-electron chi connectivity index (χ2n) is 6.03. The smallest absolute Gasteiger partial charge is 0.254 e. The van der Waals surface area contributed by atoms with Gasteiger partial charge in [-0.25, -0.2) is 4.39 Å². The second-order valence-corrected chi connectivity index (χ2v) is 6.03. The van der Waals surface area contributed by atoms with Crippen LogP contribution in [0.2, 0.25) is 0 Å². The Morgan fingerprint density at radius 3 is 2.67 bits per heavy atom. The van der Waals surface area contributed by atoms with Gasteiger partial charge in [-0.3, -0.25) is 9.79 Å². The second kappa shape index (κ2) is 15.4. The molecule has 0 aliphatic carbocycles. The van der Waals surface area contributed by atoms with E-state index >= 15 is 0 Å². The van der Waals surface area contributed by atoms with Crippen LogP contribution in [-0.4, -0.2) is 50.0 Å². The van der Waals surface area contributed by atoms with Gasteiger partial charge in [0.2, 0.25) is 0 Å². The highest BCUT2D eigenvalue weighted by molar-refractivity contribution is 14.0. The first kappa shape index (κ1) is 25.4. The number of nitrogens with one attached hydrogen (secondary N) is 2. The molecule has 1 amide bonds. The summed E-state index contributed by atoms with van der Waals surface area (Å²) in [7, 11) is 2.01. The molecule has 7 heteroatoms. The van der Waals surface area contributed by atoms with E-state index in [2.05, 4.69) is 27.1 Å². The summed E-state index contributed by atoms with van der Waals surface area (Å²) in [6.07, 6.45) is 6.42. The van der Waals surface area contributed by atoms with Crippen molar-refractivity contribution in [3.63, 3.8) is 0 Å². The number of unbranched alkanes of at least 4 members (excludes halogenated alkanes) is 3. The van der Waals surface area contributed by atoms with Crippen LogP contribution < -0.4 is 10.6 Å². The van der Waals surface area contributed by atoms with E-state index in [1.54, 1.807) is 12.1 Å². The molecule has 0 radical (unpaired) electrons. The summed E-state index contributed by atoms with van der Waals surface area (Å²) in [6, 6.07) is 5.95. The van der Waals surface area contributed by atoms with Crippen LogP contribution in [-0.2, 0) is 0 Å². The summed E-state index contributed by atoms with van der Waals surface area (Å²) >= 11 is 0. The van der Waals surface area contributed by atoms with Gasteiger partial charge in [0.25, 0.3) is 5.91 Å². The first-order chi connectivity index (χ1) is 12.6. The molecule has 0 aliphatic rings.